The molecule has 2 N–H and O–H groups in total. The number of amides is 2. The van der Waals surface area contributed by atoms with Gasteiger partial charge in [0, 0.05) is 58.1 Å². The Morgan fingerprint density at radius 2 is 1.25 bits per heavy atom. The summed E-state index contributed by atoms with van der Waals surface area (Å²) in [5.41, 5.74) is 8.03. The SMILES string of the molecule is Cc1ccc(-c2cc(C(=O)NCc3ccc(C)nn3)cc(-n3nnnc3C(C)C)c2F)nc1.Cc1ccc(-c2cc(C(=O)NCc3ccc(Cl)cc3)cc(-n3nnnc3C(C)C)c2)nc1. The molecule has 330 valence electrons. The number of carbonyl (C=O) groups excluding carboxylic acids is 2. The van der Waals surface area contributed by atoms with Crippen LogP contribution in [-0.2, 0) is 13.1 Å². The molecule has 0 spiro atoms. The van der Waals surface area contributed by atoms with E-state index in [0.717, 1.165) is 33.6 Å². The summed E-state index contributed by atoms with van der Waals surface area (Å²) in [4.78, 5) is 34.9. The van der Waals surface area contributed by atoms with Crippen molar-refractivity contribution in [3.8, 4) is 33.9 Å². The first-order valence-corrected chi connectivity index (χ1v) is 21.1. The van der Waals surface area contributed by atoms with Crippen molar-refractivity contribution >= 4 is 23.4 Å². The maximum atomic E-state index is 15.7. The van der Waals surface area contributed by atoms with E-state index in [4.69, 9.17) is 11.6 Å². The van der Waals surface area contributed by atoms with E-state index in [2.05, 4.69) is 61.8 Å². The Labute approximate surface area is 379 Å². The van der Waals surface area contributed by atoms with E-state index in [1.165, 1.54) is 16.8 Å². The van der Waals surface area contributed by atoms with Crippen LogP contribution in [0.2, 0.25) is 5.02 Å². The van der Waals surface area contributed by atoms with Crippen LogP contribution < -0.4 is 10.6 Å². The second-order valence-electron chi connectivity index (χ2n) is 15.9. The van der Waals surface area contributed by atoms with E-state index in [9.17, 15) is 9.59 Å². The summed E-state index contributed by atoms with van der Waals surface area (Å²) in [6, 6.07) is 26.9. The van der Waals surface area contributed by atoms with Gasteiger partial charge in [-0.3, -0.25) is 19.6 Å². The van der Waals surface area contributed by atoms with Crippen molar-refractivity contribution in [2.45, 2.75) is 73.4 Å². The molecule has 8 rings (SSSR count). The topological polar surface area (TPSA) is 197 Å². The fourth-order valence-electron chi connectivity index (χ4n) is 6.50. The predicted octanol–water partition coefficient (Wildman–Crippen LogP) is 8.06. The first-order chi connectivity index (χ1) is 31.2. The largest absolute Gasteiger partial charge is 0.348 e. The zero-order chi connectivity index (χ0) is 46.2. The first kappa shape index (κ1) is 45.4. The molecule has 18 heteroatoms. The molecule has 3 aromatic carbocycles. The maximum Gasteiger partial charge on any atom is 0.251 e. The zero-order valence-corrected chi connectivity index (χ0v) is 37.6. The molecule has 0 saturated heterocycles. The number of tetrazole rings is 2. The van der Waals surface area contributed by atoms with Gasteiger partial charge in [0.1, 0.15) is 5.69 Å². The van der Waals surface area contributed by atoms with Crippen molar-refractivity contribution in [2.75, 3.05) is 0 Å². The highest BCUT2D eigenvalue weighted by Gasteiger charge is 2.23. The number of aromatic nitrogens is 12. The molecule has 5 heterocycles. The Morgan fingerprint density at radius 3 is 1.85 bits per heavy atom. The molecule has 5 aromatic heterocycles. The lowest BCUT2D eigenvalue weighted by Gasteiger charge is -2.14. The third-order valence-corrected chi connectivity index (χ3v) is 10.3. The Bertz CT molecular complexity index is 2920. The number of rotatable bonds is 12. The van der Waals surface area contributed by atoms with Gasteiger partial charge >= 0.3 is 0 Å². The molecule has 0 atom stereocenters. The lowest BCUT2D eigenvalue weighted by atomic mass is 10.0. The number of pyridine rings is 2. The Balaban J connectivity index is 0.000000194. The minimum absolute atomic E-state index is 0.0575. The highest BCUT2D eigenvalue weighted by Crippen LogP contribution is 2.30. The third-order valence-electron chi connectivity index (χ3n) is 10.0. The van der Waals surface area contributed by atoms with Gasteiger partial charge in [-0.1, -0.05) is 63.6 Å². The van der Waals surface area contributed by atoms with Crippen LogP contribution in [0.15, 0.2) is 103 Å². The molecule has 0 aliphatic rings. The van der Waals surface area contributed by atoms with Crippen LogP contribution in [0.3, 0.4) is 0 Å². The minimum Gasteiger partial charge on any atom is -0.348 e. The number of nitrogens with zero attached hydrogens (tertiary/aromatic N) is 12. The zero-order valence-electron chi connectivity index (χ0n) is 36.8. The van der Waals surface area contributed by atoms with Crippen LogP contribution in [0.25, 0.3) is 33.9 Å². The normalized spacial score (nSPS) is 11.1. The van der Waals surface area contributed by atoms with Crippen molar-refractivity contribution in [1.29, 1.82) is 0 Å². The number of benzene rings is 3. The van der Waals surface area contributed by atoms with Gasteiger partial charge < -0.3 is 10.6 Å². The third kappa shape index (κ3) is 11.1. The molecule has 0 fully saturated rings. The number of halogens is 2. The van der Waals surface area contributed by atoms with Crippen LogP contribution >= 0.6 is 11.6 Å². The van der Waals surface area contributed by atoms with Crippen LogP contribution in [0, 0.1) is 26.6 Å². The van der Waals surface area contributed by atoms with Gasteiger partial charge in [-0.05, 0) is 125 Å². The summed E-state index contributed by atoms with van der Waals surface area (Å²) in [6.07, 6.45) is 3.45. The van der Waals surface area contributed by atoms with Gasteiger partial charge in [-0.15, -0.1) is 10.2 Å². The van der Waals surface area contributed by atoms with E-state index in [-0.39, 0.29) is 41.1 Å². The van der Waals surface area contributed by atoms with Crippen molar-refractivity contribution in [1.82, 2.24) is 71.2 Å². The summed E-state index contributed by atoms with van der Waals surface area (Å²) in [5.74, 6) is 0.0871. The molecule has 0 bridgehead atoms. The Hall–Kier alpha value is -7.66. The Kier molecular flexibility index (Phi) is 14.1. The van der Waals surface area contributed by atoms with Gasteiger partial charge in [0.05, 0.1) is 35.0 Å². The van der Waals surface area contributed by atoms with Crippen LogP contribution in [-0.4, -0.2) is 72.4 Å². The van der Waals surface area contributed by atoms with Crippen molar-refractivity contribution < 1.29 is 14.0 Å². The Morgan fingerprint density at radius 1 is 0.646 bits per heavy atom. The average Bonchev–Trinajstić information content (AvgIpc) is 4.01. The number of aryl methyl sites for hydroxylation is 3. The fraction of sp³-hybridized carbons (Fsp3) is 0.234. The van der Waals surface area contributed by atoms with Crippen molar-refractivity contribution in [2.24, 2.45) is 0 Å². The summed E-state index contributed by atoms with van der Waals surface area (Å²) >= 11 is 5.95. The van der Waals surface area contributed by atoms with E-state index < -0.39 is 11.7 Å². The highest BCUT2D eigenvalue weighted by molar-refractivity contribution is 6.30. The van der Waals surface area contributed by atoms with E-state index in [0.29, 0.717) is 45.9 Å². The molecule has 0 unspecified atom stereocenters. The summed E-state index contributed by atoms with van der Waals surface area (Å²) in [7, 11) is 0. The molecular formula is C47H46ClFN14O2. The van der Waals surface area contributed by atoms with Crippen LogP contribution in [0.5, 0.6) is 0 Å². The van der Waals surface area contributed by atoms with Gasteiger partial charge in [0.15, 0.2) is 17.5 Å². The lowest BCUT2D eigenvalue weighted by Crippen LogP contribution is -2.24. The average molecular weight is 893 g/mol. The second kappa shape index (κ2) is 20.2. The van der Waals surface area contributed by atoms with Crippen LogP contribution in [0.1, 0.15) is 100.0 Å². The van der Waals surface area contributed by atoms with Crippen molar-refractivity contribution in [3.63, 3.8) is 0 Å². The fourth-order valence-corrected chi connectivity index (χ4v) is 6.63. The lowest BCUT2D eigenvalue weighted by molar-refractivity contribution is 0.0942. The minimum atomic E-state index is -0.568. The molecule has 0 saturated carbocycles. The second-order valence-corrected chi connectivity index (χ2v) is 16.4. The van der Waals surface area contributed by atoms with Gasteiger partial charge in [-0.25, -0.2) is 4.39 Å². The molecular weight excluding hydrogens is 847 g/mol. The van der Waals surface area contributed by atoms with E-state index in [1.807, 2.05) is 97.0 Å². The van der Waals surface area contributed by atoms with E-state index in [1.54, 1.807) is 47.4 Å². The molecule has 16 nitrogen and oxygen atoms in total. The maximum absolute atomic E-state index is 15.7. The van der Waals surface area contributed by atoms with Gasteiger partial charge in [0.25, 0.3) is 11.8 Å². The van der Waals surface area contributed by atoms with Crippen molar-refractivity contribution in [3.05, 3.63) is 165 Å². The summed E-state index contributed by atoms with van der Waals surface area (Å²) in [5, 5.41) is 38.3. The quantitative estimate of drug-likeness (QED) is 0.120. The highest BCUT2D eigenvalue weighted by atomic mass is 35.5. The van der Waals surface area contributed by atoms with E-state index >= 15 is 4.39 Å². The molecule has 8 aromatic rings. The predicted molar refractivity (Wildman–Crippen MR) is 243 cm³/mol. The smallest absolute Gasteiger partial charge is 0.251 e. The number of hydrogen-bond donors (Lipinski definition) is 2. The molecule has 2 amide bonds. The van der Waals surface area contributed by atoms with Gasteiger partial charge in [-0.2, -0.15) is 19.6 Å². The monoisotopic (exact) mass is 892 g/mol. The number of nitrogens with one attached hydrogen (secondary N) is 2. The van der Waals surface area contributed by atoms with Crippen LogP contribution in [0.4, 0.5) is 4.39 Å². The first-order valence-electron chi connectivity index (χ1n) is 20.8. The summed E-state index contributed by atoms with van der Waals surface area (Å²) < 4.78 is 18.7. The molecule has 0 aliphatic heterocycles. The van der Waals surface area contributed by atoms with Gasteiger partial charge in [0.2, 0.25) is 0 Å². The molecule has 65 heavy (non-hydrogen) atoms. The number of hydrogen-bond acceptors (Lipinski definition) is 12. The number of carbonyl (C=O) groups is 2. The standard InChI is InChI=1S/C24H23ClN6O.C23H23FN8O/c1-15(2)23-28-29-30-31(23)21-11-18(22-9-4-16(3)13-26-22)10-19(12-21)24(32)27-14-17-5-7-20(25)8-6-17;1-13(2)22-29-30-31-32(22)20-10-16(23(33)26-12-17-7-6-15(4)27-28-17)9-18(21(20)24)19-8-5-14(3)11-25-19/h4-13,15H,14H2,1-3H3,(H,27,32);5-11,13H,12H2,1-4H3,(H,26,33). The summed E-state index contributed by atoms with van der Waals surface area (Å²) in [6.45, 7) is 14.1. The molecule has 0 radical (unpaired) electrons. The molecule has 0 aliphatic carbocycles.